The molecule has 0 bridgehead atoms. The second-order valence-corrected chi connectivity index (χ2v) is 4.22. The Morgan fingerprint density at radius 1 is 1.42 bits per heavy atom. The second-order valence-electron chi connectivity index (χ2n) is 4.22. The molecule has 1 aromatic carbocycles. The van der Waals surface area contributed by atoms with Gasteiger partial charge in [-0.05, 0) is 25.5 Å². The fourth-order valence-electron chi connectivity index (χ4n) is 1.64. The molecule has 0 saturated carbocycles. The third-order valence-corrected chi connectivity index (χ3v) is 2.71. The predicted octanol–water partition coefficient (Wildman–Crippen LogP) is 1.24. The molecule has 0 fully saturated rings. The number of rotatable bonds is 5. The van der Waals surface area contributed by atoms with Crippen LogP contribution >= 0.6 is 0 Å². The summed E-state index contributed by atoms with van der Waals surface area (Å²) in [4.78, 5) is 15.8. The van der Waals surface area contributed by atoms with E-state index < -0.39 is 0 Å². The summed E-state index contributed by atoms with van der Waals surface area (Å²) in [6.45, 7) is 1.90. The zero-order valence-corrected chi connectivity index (χ0v) is 10.5. The monoisotopic (exact) mass is 261 g/mol. The lowest BCUT2D eigenvalue weighted by molar-refractivity contribution is 0.0934. The van der Waals surface area contributed by atoms with Crippen LogP contribution < -0.4 is 5.32 Å². The first-order valence-electron chi connectivity index (χ1n) is 5.99. The minimum atomic E-state index is -0.166. The van der Waals surface area contributed by atoms with E-state index in [1.807, 2.05) is 6.92 Å². The SMILES string of the molecule is CC(CCO)NC(=O)c1ccc(-c2ncon2)cc1. The fourth-order valence-corrected chi connectivity index (χ4v) is 1.64. The van der Waals surface area contributed by atoms with Gasteiger partial charge in [-0.3, -0.25) is 4.79 Å². The van der Waals surface area contributed by atoms with Gasteiger partial charge >= 0.3 is 0 Å². The first kappa shape index (κ1) is 13.2. The van der Waals surface area contributed by atoms with Gasteiger partial charge < -0.3 is 14.9 Å². The highest BCUT2D eigenvalue weighted by atomic mass is 16.5. The number of aromatic nitrogens is 2. The van der Waals surface area contributed by atoms with Gasteiger partial charge in [-0.15, -0.1) is 0 Å². The Hall–Kier alpha value is -2.21. The van der Waals surface area contributed by atoms with Crippen molar-refractivity contribution in [3.05, 3.63) is 36.2 Å². The number of hydrogen-bond donors (Lipinski definition) is 2. The fraction of sp³-hybridized carbons (Fsp3) is 0.308. The molecule has 6 heteroatoms. The molecule has 1 atom stereocenters. The summed E-state index contributed by atoms with van der Waals surface area (Å²) in [6, 6.07) is 6.86. The molecule has 100 valence electrons. The van der Waals surface area contributed by atoms with Crippen LogP contribution in [0, 0.1) is 0 Å². The van der Waals surface area contributed by atoms with E-state index in [0.717, 1.165) is 5.56 Å². The molecule has 2 aromatic rings. The molecule has 0 aliphatic heterocycles. The van der Waals surface area contributed by atoms with Crippen molar-refractivity contribution in [2.45, 2.75) is 19.4 Å². The van der Waals surface area contributed by atoms with Crippen molar-refractivity contribution in [2.75, 3.05) is 6.61 Å². The number of hydrogen-bond acceptors (Lipinski definition) is 5. The molecule has 0 spiro atoms. The van der Waals surface area contributed by atoms with Gasteiger partial charge in [0.1, 0.15) is 0 Å². The van der Waals surface area contributed by atoms with E-state index in [4.69, 9.17) is 5.11 Å². The van der Waals surface area contributed by atoms with Gasteiger partial charge in [0.25, 0.3) is 5.91 Å². The molecule has 0 aliphatic carbocycles. The van der Waals surface area contributed by atoms with Crippen molar-refractivity contribution in [1.82, 2.24) is 15.5 Å². The quantitative estimate of drug-likeness (QED) is 0.845. The summed E-state index contributed by atoms with van der Waals surface area (Å²) in [5.74, 6) is 0.321. The smallest absolute Gasteiger partial charge is 0.251 e. The van der Waals surface area contributed by atoms with Crippen LogP contribution in [0.25, 0.3) is 11.4 Å². The Morgan fingerprint density at radius 3 is 2.74 bits per heavy atom. The molecule has 2 N–H and O–H groups in total. The molecule has 0 saturated heterocycles. The molecular formula is C13H15N3O3. The summed E-state index contributed by atoms with van der Waals surface area (Å²) in [7, 11) is 0. The zero-order chi connectivity index (χ0) is 13.7. The molecule has 1 unspecified atom stereocenters. The molecule has 19 heavy (non-hydrogen) atoms. The number of benzene rings is 1. The highest BCUT2D eigenvalue weighted by Crippen LogP contribution is 2.15. The van der Waals surface area contributed by atoms with E-state index in [1.54, 1.807) is 24.3 Å². The zero-order valence-electron chi connectivity index (χ0n) is 10.5. The van der Waals surface area contributed by atoms with Gasteiger partial charge in [-0.2, -0.15) is 4.98 Å². The van der Waals surface area contributed by atoms with Gasteiger partial charge in [-0.25, -0.2) is 0 Å². The normalized spacial score (nSPS) is 12.1. The third kappa shape index (κ3) is 3.38. The maximum absolute atomic E-state index is 11.9. The number of aliphatic hydroxyl groups excluding tert-OH is 1. The minimum absolute atomic E-state index is 0.0538. The van der Waals surface area contributed by atoms with Gasteiger partial charge in [0.15, 0.2) is 0 Å². The van der Waals surface area contributed by atoms with E-state index in [0.29, 0.717) is 17.8 Å². The number of amides is 1. The van der Waals surface area contributed by atoms with E-state index in [2.05, 4.69) is 20.0 Å². The van der Waals surface area contributed by atoms with Crippen LogP contribution in [0.2, 0.25) is 0 Å². The van der Waals surface area contributed by atoms with Crippen molar-refractivity contribution < 1.29 is 14.4 Å². The van der Waals surface area contributed by atoms with Crippen LogP contribution in [0.5, 0.6) is 0 Å². The number of carbonyl (C=O) groups excluding carboxylic acids is 1. The molecular weight excluding hydrogens is 246 g/mol. The molecule has 1 amide bonds. The highest BCUT2D eigenvalue weighted by Gasteiger charge is 2.10. The second kappa shape index (κ2) is 6.10. The lowest BCUT2D eigenvalue weighted by Gasteiger charge is -2.12. The Morgan fingerprint density at radius 2 is 2.16 bits per heavy atom. The Labute approximate surface area is 110 Å². The number of aliphatic hydroxyl groups is 1. The molecule has 6 nitrogen and oxygen atoms in total. The van der Waals surface area contributed by atoms with Crippen LogP contribution in [0.15, 0.2) is 35.2 Å². The molecule has 0 aliphatic rings. The average Bonchev–Trinajstić information content (AvgIpc) is 2.93. The predicted molar refractivity (Wildman–Crippen MR) is 68.4 cm³/mol. The standard InChI is InChI=1S/C13H15N3O3/c1-9(6-7-17)15-13(18)11-4-2-10(3-5-11)12-14-8-19-16-12/h2-5,8-9,17H,6-7H2,1H3,(H,15,18). The van der Waals surface area contributed by atoms with Crippen molar-refractivity contribution in [3.63, 3.8) is 0 Å². The van der Waals surface area contributed by atoms with Crippen LogP contribution in [0.1, 0.15) is 23.7 Å². The summed E-state index contributed by atoms with van der Waals surface area (Å²) >= 11 is 0. The van der Waals surface area contributed by atoms with Gasteiger partial charge in [0, 0.05) is 23.8 Å². The van der Waals surface area contributed by atoms with Gasteiger partial charge in [0.2, 0.25) is 12.2 Å². The average molecular weight is 261 g/mol. The highest BCUT2D eigenvalue weighted by molar-refractivity contribution is 5.94. The number of nitrogens with one attached hydrogen (secondary N) is 1. The molecule has 1 aromatic heterocycles. The van der Waals surface area contributed by atoms with E-state index in [1.165, 1.54) is 6.39 Å². The van der Waals surface area contributed by atoms with Crippen molar-refractivity contribution in [3.8, 4) is 11.4 Å². The Balaban J connectivity index is 2.04. The first-order chi connectivity index (χ1) is 9.20. The summed E-state index contributed by atoms with van der Waals surface area (Å²) in [5.41, 5.74) is 1.34. The largest absolute Gasteiger partial charge is 0.396 e. The third-order valence-electron chi connectivity index (χ3n) is 2.71. The van der Waals surface area contributed by atoms with Crippen molar-refractivity contribution in [1.29, 1.82) is 0 Å². The maximum Gasteiger partial charge on any atom is 0.251 e. The maximum atomic E-state index is 11.9. The van der Waals surface area contributed by atoms with Crippen LogP contribution in [-0.2, 0) is 0 Å². The lowest BCUT2D eigenvalue weighted by Crippen LogP contribution is -2.33. The molecule has 1 heterocycles. The first-order valence-corrected chi connectivity index (χ1v) is 5.99. The van der Waals surface area contributed by atoms with Crippen LogP contribution in [0.3, 0.4) is 0 Å². The van der Waals surface area contributed by atoms with E-state index in [-0.39, 0.29) is 18.6 Å². The topological polar surface area (TPSA) is 88.2 Å². The van der Waals surface area contributed by atoms with Crippen LogP contribution in [0.4, 0.5) is 0 Å². The van der Waals surface area contributed by atoms with Gasteiger partial charge in [0.05, 0.1) is 0 Å². The van der Waals surface area contributed by atoms with Crippen LogP contribution in [-0.4, -0.2) is 33.8 Å². The van der Waals surface area contributed by atoms with Crippen molar-refractivity contribution >= 4 is 5.91 Å². The summed E-state index contributed by atoms with van der Waals surface area (Å²) < 4.78 is 4.66. The van der Waals surface area contributed by atoms with Gasteiger partial charge in [-0.1, -0.05) is 17.3 Å². The molecule has 0 radical (unpaired) electrons. The summed E-state index contributed by atoms with van der Waals surface area (Å²) in [5, 5.41) is 15.3. The van der Waals surface area contributed by atoms with E-state index >= 15 is 0 Å². The molecule has 2 rings (SSSR count). The lowest BCUT2D eigenvalue weighted by atomic mass is 10.1. The summed E-state index contributed by atoms with van der Waals surface area (Å²) in [6.07, 6.45) is 1.79. The number of nitrogens with zero attached hydrogens (tertiary/aromatic N) is 2. The van der Waals surface area contributed by atoms with E-state index in [9.17, 15) is 4.79 Å². The minimum Gasteiger partial charge on any atom is -0.396 e. The number of carbonyl (C=O) groups is 1. The van der Waals surface area contributed by atoms with Crippen molar-refractivity contribution in [2.24, 2.45) is 0 Å². The Kier molecular flexibility index (Phi) is 4.25. The Bertz CT molecular complexity index is 523.